The second-order valence-corrected chi connectivity index (χ2v) is 6.41. The zero-order chi connectivity index (χ0) is 20.0. The number of carbonyl (C=O) groups excluding carboxylic acids is 2. The quantitative estimate of drug-likeness (QED) is 0.828. The van der Waals surface area contributed by atoms with Crippen LogP contribution in [0.3, 0.4) is 0 Å². The third kappa shape index (κ3) is 5.77. The maximum atomic E-state index is 13.2. The Morgan fingerprint density at radius 3 is 2.70 bits per heavy atom. The van der Waals surface area contributed by atoms with E-state index in [-0.39, 0.29) is 24.8 Å². The second-order valence-electron chi connectivity index (χ2n) is 6.41. The summed E-state index contributed by atoms with van der Waals surface area (Å²) in [5.74, 6) is 0. The minimum atomic E-state index is -4.49. The summed E-state index contributed by atoms with van der Waals surface area (Å²) in [7, 11) is 0. The predicted octanol–water partition coefficient (Wildman–Crippen LogP) is 3.69. The number of hydrogen-bond donors (Lipinski definition) is 2. The molecule has 0 aliphatic carbocycles. The van der Waals surface area contributed by atoms with Crippen molar-refractivity contribution in [2.75, 3.05) is 19.7 Å². The highest BCUT2D eigenvalue weighted by Gasteiger charge is 2.35. The van der Waals surface area contributed by atoms with Crippen molar-refractivity contribution in [3.63, 3.8) is 0 Å². The molecule has 2 rings (SSSR count). The Bertz CT molecular complexity index is 667. The van der Waals surface area contributed by atoms with Crippen LogP contribution in [0.4, 0.5) is 22.8 Å². The van der Waals surface area contributed by atoms with Gasteiger partial charge in [-0.05, 0) is 38.3 Å². The Morgan fingerprint density at radius 2 is 2.04 bits per heavy atom. The molecule has 0 bridgehead atoms. The van der Waals surface area contributed by atoms with Crippen LogP contribution in [0.5, 0.6) is 0 Å². The molecular weight excluding hydrogens is 363 g/mol. The minimum Gasteiger partial charge on any atom is -0.450 e. The molecule has 150 valence electrons. The summed E-state index contributed by atoms with van der Waals surface area (Å²) >= 11 is 0. The molecule has 1 heterocycles. The standard InChI is InChI=1S/C18H24F3N3O3/c1-3-27-17(26)23-13-7-6-10-24(11-13)16(25)22-12(2)14-8-4-5-9-15(14)18(19,20)21/h4-5,8-9,12-13H,3,6-7,10-11H2,1-2H3,(H,22,25)(H,23,26)/t12-,13-/m0/s1. The van der Waals surface area contributed by atoms with Gasteiger partial charge in [0.1, 0.15) is 0 Å². The van der Waals surface area contributed by atoms with Crippen LogP contribution >= 0.6 is 0 Å². The molecule has 1 aliphatic heterocycles. The predicted molar refractivity (Wildman–Crippen MR) is 93.1 cm³/mol. The molecule has 0 radical (unpaired) electrons. The number of hydrogen-bond acceptors (Lipinski definition) is 3. The number of nitrogens with one attached hydrogen (secondary N) is 2. The lowest BCUT2D eigenvalue weighted by Gasteiger charge is -2.34. The summed E-state index contributed by atoms with van der Waals surface area (Å²) in [6.45, 7) is 4.21. The first kappa shape index (κ1) is 20.9. The van der Waals surface area contributed by atoms with Crippen molar-refractivity contribution in [2.24, 2.45) is 0 Å². The largest absolute Gasteiger partial charge is 0.450 e. The average Bonchev–Trinajstić information content (AvgIpc) is 2.61. The zero-order valence-electron chi connectivity index (χ0n) is 15.3. The number of likely N-dealkylation sites (tertiary alicyclic amines) is 1. The third-order valence-electron chi connectivity index (χ3n) is 4.38. The Balaban J connectivity index is 1.99. The van der Waals surface area contributed by atoms with Crippen molar-refractivity contribution in [3.8, 4) is 0 Å². The van der Waals surface area contributed by atoms with Crippen LogP contribution in [0.15, 0.2) is 24.3 Å². The number of piperidine rings is 1. The molecule has 0 spiro atoms. The van der Waals surface area contributed by atoms with E-state index in [1.807, 2.05) is 0 Å². The number of carbonyl (C=O) groups is 2. The summed E-state index contributed by atoms with van der Waals surface area (Å²) in [6.07, 6.45) is -3.65. The number of alkyl carbamates (subject to hydrolysis) is 1. The van der Waals surface area contributed by atoms with Crippen LogP contribution in [0.1, 0.15) is 43.9 Å². The number of halogens is 3. The van der Waals surface area contributed by atoms with Crippen LogP contribution in [-0.2, 0) is 10.9 Å². The van der Waals surface area contributed by atoms with Gasteiger partial charge in [0.15, 0.2) is 0 Å². The monoisotopic (exact) mass is 387 g/mol. The number of amides is 3. The molecule has 27 heavy (non-hydrogen) atoms. The molecule has 0 saturated carbocycles. The summed E-state index contributed by atoms with van der Waals surface area (Å²) in [4.78, 5) is 25.5. The number of alkyl halides is 3. The summed E-state index contributed by atoms with van der Waals surface area (Å²) in [5, 5.41) is 5.31. The lowest BCUT2D eigenvalue weighted by molar-refractivity contribution is -0.138. The smallest absolute Gasteiger partial charge is 0.416 e. The normalized spacial score (nSPS) is 18.6. The van der Waals surface area contributed by atoms with E-state index in [9.17, 15) is 22.8 Å². The highest BCUT2D eigenvalue weighted by Crippen LogP contribution is 2.34. The molecule has 3 amide bonds. The molecular formula is C18H24F3N3O3. The molecule has 9 heteroatoms. The molecule has 0 aromatic heterocycles. The molecule has 1 aliphatic rings. The van der Waals surface area contributed by atoms with Crippen molar-refractivity contribution in [3.05, 3.63) is 35.4 Å². The fraction of sp³-hybridized carbons (Fsp3) is 0.556. The number of urea groups is 1. The first-order valence-corrected chi connectivity index (χ1v) is 8.87. The van der Waals surface area contributed by atoms with Crippen molar-refractivity contribution in [1.82, 2.24) is 15.5 Å². The SMILES string of the molecule is CCOC(=O)N[C@H]1CCCN(C(=O)N[C@@H](C)c2ccccc2C(F)(F)F)C1. The fourth-order valence-corrected chi connectivity index (χ4v) is 3.11. The first-order valence-electron chi connectivity index (χ1n) is 8.87. The van der Waals surface area contributed by atoms with Crippen molar-refractivity contribution >= 4 is 12.1 Å². The van der Waals surface area contributed by atoms with Gasteiger partial charge in [-0.2, -0.15) is 13.2 Å². The second kappa shape index (κ2) is 8.96. The van der Waals surface area contributed by atoms with Crippen LogP contribution in [0.2, 0.25) is 0 Å². The Labute approximate surface area is 156 Å². The maximum Gasteiger partial charge on any atom is 0.416 e. The van der Waals surface area contributed by atoms with E-state index in [0.29, 0.717) is 19.4 Å². The van der Waals surface area contributed by atoms with Crippen LogP contribution in [-0.4, -0.2) is 42.8 Å². The lowest BCUT2D eigenvalue weighted by Crippen LogP contribution is -2.52. The molecule has 1 aromatic carbocycles. The van der Waals surface area contributed by atoms with E-state index >= 15 is 0 Å². The van der Waals surface area contributed by atoms with E-state index in [1.54, 1.807) is 6.92 Å². The molecule has 1 aromatic rings. The van der Waals surface area contributed by atoms with Gasteiger partial charge in [-0.1, -0.05) is 18.2 Å². The van der Waals surface area contributed by atoms with E-state index in [2.05, 4.69) is 10.6 Å². The summed E-state index contributed by atoms with van der Waals surface area (Å²) in [6, 6.07) is 3.66. The topological polar surface area (TPSA) is 70.7 Å². The molecule has 6 nitrogen and oxygen atoms in total. The third-order valence-corrected chi connectivity index (χ3v) is 4.38. The maximum absolute atomic E-state index is 13.2. The van der Waals surface area contributed by atoms with E-state index in [1.165, 1.54) is 30.0 Å². The van der Waals surface area contributed by atoms with Crippen LogP contribution in [0, 0.1) is 0 Å². The number of nitrogens with zero attached hydrogens (tertiary/aromatic N) is 1. The van der Waals surface area contributed by atoms with Crippen molar-refractivity contribution in [1.29, 1.82) is 0 Å². The Morgan fingerprint density at radius 1 is 1.33 bits per heavy atom. The summed E-state index contributed by atoms with van der Waals surface area (Å²) < 4.78 is 44.3. The van der Waals surface area contributed by atoms with Gasteiger partial charge >= 0.3 is 18.3 Å². The minimum absolute atomic E-state index is 0.0107. The van der Waals surface area contributed by atoms with E-state index in [0.717, 1.165) is 6.07 Å². The molecule has 1 fully saturated rings. The molecule has 2 N–H and O–H groups in total. The lowest BCUT2D eigenvalue weighted by atomic mass is 10.0. The number of ether oxygens (including phenoxy) is 1. The van der Waals surface area contributed by atoms with Crippen LogP contribution < -0.4 is 10.6 Å². The Hall–Kier alpha value is -2.45. The van der Waals surface area contributed by atoms with E-state index in [4.69, 9.17) is 4.74 Å². The van der Waals surface area contributed by atoms with Gasteiger partial charge < -0.3 is 20.3 Å². The highest BCUT2D eigenvalue weighted by molar-refractivity contribution is 5.75. The van der Waals surface area contributed by atoms with Crippen molar-refractivity contribution < 1.29 is 27.5 Å². The van der Waals surface area contributed by atoms with Crippen molar-refractivity contribution in [2.45, 2.75) is 44.9 Å². The van der Waals surface area contributed by atoms with Gasteiger partial charge in [0.05, 0.1) is 18.2 Å². The van der Waals surface area contributed by atoms with Gasteiger partial charge in [0.25, 0.3) is 0 Å². The molecule has 1 saturated heterocycles. The van der Waals surface area contributed by atoms with Gasteiger partial charge in [0, 0.05) is 19.1 Å². The molecule has 0 unspecified atom stereocenters. The van der Waals surface area contributed by atoms with Gasteiger partial charge in [-0.25, -0.2) is 9.59 Å². The first-order chi connectivity index (χ1) is 12.7. The average molecular weight is 387 g/mol. The fourth-order valence-electron chi connectivity index (χ4n) is 3.11. The van der Waals surface area contributed by atoms with E-state index < -0.39 is 29.9 Å². The Kier molecular flexibility index (Phi) is 6.92. The molecule has 2 atom stereocenters. The number of rotatable bonds is 4. The highest BCUT2D eigenvalue weighted by atomic mass is 19.4. The number of benzene rings is 1. The van der Waals surface area contributed by atoms with Gasteiger partial charge in [0.2, 0.25) is 0 Å². The zero-order valence-corrected chi connectivity index (χ0v) is 15.3. The van der Waals surface area contributed by atoms with Gasteiger partial charge in [-0.15, -0.1) is 0 Å². The summed E-state index contributed by atoms with van der Waals surface area (Å²) in [5.41, 5.74) is -0.755. The van der Waals surface area contributed by atoms with Crippen LogP contribution in [0.25, 0.3) is 0 Å². The van der Waals surface area contributed by atoms with Gasteiger partial charge in [-0.3, -0.25) is 0 Å².